The molecular formula is C22H20ClN3. The molecule has 0 amide bonds. The molecule has 1 N–H and O–H groups in total. The predicted molar refractivity (Wildman–Crippen MR) is 108 cm³/mol. The zero-order chi connectivity index (χ0) is 17.8. The predicted octanol–water partition coefficient (Wildman–Crippen LogP) is 5.34. The van der Waals surface area contributed by atoms with E-state index in [0.717, 1.165) is 47.8 Å². The molecule has 3 nitrogen and oxygen atoms in total. The fourth-order valence-corrected chi connectivity index (χ4v) is 3.54. The van der Waals surface area contributed by atoms with Gasteiger partial charge in [0.05, 0.1) is 5.71 Å². The van der Waals surface area contributed by atoms with Crippen molar-refractivity contribution < 1.29 is 0 Å². The quantitative estimate of drug-likeness (QED) is 0.669. The minimum absolute atomic E-state index is 0.762. The van der Waals surface area contributed by atoms with E-state index in [0.29, 0.717) is 0 Å². The highest BCUT2D eigenvalue weighted by Crippen LogP contribution is 2.30. The van der Waals surface area contributed by atoms with Gasteiger partial charge in [-0.1, -0.05) is 23.7 Å². The van der Waals surface area contributed by atoms with Crippen LogP contribution in [0, 0.1) is 0 Å². The highest BCUT2D eigenvalue weighted by molar-refractivity contribution is 6.30. The first-order chi connectivity index (χ1) is 12.8. The maximum atomic E-state index is 6.06. The van der Waals surface area contributed by atoms with E-state index >= 15 is 0 Å². The van der Waals surface area contributed by atoms with Gasteiger partial charge in [0.2, 0.25) is 0 Å². The number of halogens is 1. The standard InChI is InChI=1S/C22H20ClN3/c23-18-9-7-16(8-10-18)14-20(21-6-3-12-25-21)19-5-2-13-26-22(19)17-4-1-11-24-15-17/h1,3-4,6-12,15,25H,2,5,13-14H2. The summed E-state index contributed by atoms with van der Waals surface area (Å²) in [6, 6.07) is 16.3. The van der Waals surface area contributed by atoms with E-state index < -0.39 is 0 Å². The second kappa shape index (κ2) is 7.71. The number of benzene rings is 1. The summed E-state index contributed by atoms with van der Waals surface area (Å²) in [5, 5.41) is 0.762. The van der Waals surface area contributed by atoms with Crippen molar-refractivity contribution in [2.24, 2.45) is 4.99 Å². The lowest BCUT2D eigenvalue weighted by Gasteiger charge is -2.21. The van der Waals surface area contributed by atoms with Crippen molar-refractivity contribution in [2.45, 2.75) is 19.3 Å². The zero-order valence-corrected chi connectivity index (χ0v) is 15.2. The van der Waals surface area contributed by atoms with Crippen molar-refractivity contribution in [3.63, 3.8) is 0 Å². The molecule has 0 saturated heterocycles. The summed E-state index contributed by atoms with van der Waals surface area (Å²) < 4.78 is 0. The Morgan fingerprint density at radius 2 is 1.96 bits per heavy atom. The topological polar surface area (TPSA) is 41.0 Å². The highest BCUT2D eigenvalue weighted by Gasteiger charge is 2.20. The summed E-state index contributed by atoms with van der Waals surface area (Å²) in [5.41, 5.74) is 7.14. The highest BCUT2D eigenvalue weighted by atomic mass is 35.5. The molecule has 1 aliphatic heterocycles. The number of pyridine rings is 1. The summed E-state index contributed by atoms with van der Waals surface area (Å²) in [5.74, 6) is 0. The Bertz CT molecular complexity index is 923. The van der Waals surface area contributed by atoms with E-state index in [-0.39, 0.29) is 0 Å². The lowest BCUT2D eigenvalue weighted by atomic mass is 9.88. The van der Waals surface area contributed by atoms with Gasteiger partial charge in [0.15, 0.2) is 0 Å². The molecule has 130 valence electrons. The Kier molecular flexibility index (Phi) is 4.98. The van der Waals surface area contributed by atoms with Gasteiger partial charge in [-0.15, -0.1) is 0 Å². The molecule has 0 fully saturated rings. The van der Waals surface area contributed by atoms with E-state index in [1.54, 1.807) is 6.20 Å². The Hall–Kier alpha value is -2.65. The lowest BCUT2D eigenvalue weighted by Crippen LogP contribution is -2.15. The summed E-state index contributed by atoms with van der Waals surface area (Å²) >= 11 is 6.06. The monoisotopic (exact) mass is 361 g/mol. The molecule has 3 aromatic rings. The van der Waals surface area contributed by atoms with Gasteiger partial charge < -0.3 is 4.98 Å². The minimum Gasteiger partial charge on any atom is -0.361 e. The SMILES string of the molecule is Clc1ccc(CC(=C2CCCN=C2c2cccnc2)c2ccc[nH]2)cc1. The zero-order valence-electron chi connectivity index (χ0n) is 14.5. The van der Waals surface area contributed by atoms with Crippen molar-refractivity contribution in [1.82, 2.24) is 9.97 Å². The van der Waals surface area contributed by atoms with Crippen molar-refractivity contribution in [1.29, 1.82) is 0 Å². The van der Waals surface area contributed by atoms with Gasteiger partial charge in [0.1, 0.15) is 0 Å². The molecule has 2 aromatic heterocycles. The molecule has 0 bridgehead atoms. The van der Waals surface area contributed by atoms with Crippen molar-refractivity contribution in [3.05, 3.63) is 94.5 Å². The fraction of sp³-hybridized carbons (Fsp3) is 0.182. The van der Waals surface area contributed by atoms with Gasteiger partial charge in [-0.3, -0.25) is 9.98 Å². The Morgan fingerprint density at radius 3 is 2.69 bits per heavy atom. The molecule has 0 atom stereocenters. The lowest BCUT2D eigenvalue weighted by molar-refractivity contribution is 0.814. The maximum Gasteiger partial charge on any atom is 0.0697 e. The molecule has 4 heteroatoms. The molecule has 1 aromatic carbocycles. The summed E-state index contributed by atoms with van der Waals surface area (Å²) in [7, 11) is 0. The molecule has 0 unspecified atom stereocenters. The molecule has 0 spiro atoms. The number of aliphatic imine (C=N–C) groups is 1. The smallest absolute Gasteiger partial charge is 0.0697 e. The number of allylic oxidation sites excluding steroid dienone is 2. The largest absolute Gasteiger partial charge is 0.361 e. The van der Waals surface area contributed by atoms with E-state index in [1.165, 1.54) is 16.7 Å². The number of rotatable bonds is 4. The Balaban J connectivity index is 1.81. The molecular weight excluding hydrogens is 342 g/mol. The average Bonchev–Trinajstić information content (AvgIpc) is 3.23. The first-order valence-corrected chi connectivity index (χ1v) is 9.24. The number of nitrogens with zero attached hydrogens (tertiary/aromatic N) is 2. The Morgan fingerprint density at radius 1 is 1.08 bits per heavy atom. The Labute approximate surface area is 158 Å². The van der Waals surface area contributed by atoms with Gasteiger partial charge in [-0.25, -0.2) is 0 Å². The van der Waals surface area contributed by atoms with Crippen LogP contribution in [0.3, 0.4) is 0 Å². The van der Waals surface area contributed by atoms with Crippen molar-refractivity contribution >= 4 is 22.9 Å². The van der Waals surface area contributed by atoms with Gasteiger partial charge in [-0.05, 0) is 72.4 Å². The first-order valence-electron chi connectivity index (χ1n) is 8.87. The third-order valence-electron chi connectivity index (χ3n) is 4.66. The van der Waals surface area contributed by atoms with E-state index in [4.69, 9.17) is 16.6 Å². The van der Waals surface area contributed by atoms with Crippen molar-refractivity contribution in [2.75, 3.05) is 6.54 Å². The molecule has 1 aliphatic rings. The minimum atomic E-state index is 0.762. The van der Waals surface area contributed by atoms with Crippen LogP contribution in [0.25, 0.3) is 5.57 Å². The first kappa shape index (κ1) is 16.8. The molecule has 0 aliphatic carbocycles. The second-order valence-corrected chi connectivity index (χ2v) is 6.86. The second-order valence-electron chi connectivity index (χ2n) is 6.42. The molecule has 26 heavy (non-hydrogen) atoms. The van der Waals surface area contributed by atoms with E-state index in [2.05, 4.69) is 34.2 Å². The summed E-state index contributed by atoms with van der Waals surface area (Å²) in [4.78, 5) is 12.5. The number of hydrogen-bond acceptors (Lipinski definition) is 2. The van der Waals surface area contributed by atoms with Crippen LogP contribution in [0.2, 0.25) is 5.02 Å². The van der Waals surface area contributed by atoms with Crippen LogP contribution >= 0.6 is 11.6 Å². The third kappa shape index (κ3) is 3.63. The number of H-pyrrole nitrogens is 1. The summed E-state index contributed by atoms with van der Waals surface area (Å²) in [6.45, 7) is 0.868. The van der Waals surface area contributed by atoms with Gasteiger partial charge >= 0.3 is 0 Å². The number of hydrogen-bond donors (Lipinski definition) is 1. The van der Waals surface area contributed by atoms with Crippen LogP contribution in [0.5, 0.6) is 0 Å². The van der Waals surface area contributed by atoms with E-state index in [9.17, 15) is 0 Å². The molecule has 4 rings (SSSR count). The van der Waals surface area contributed by atoms with Crippen LogP contribution in [-0.2, 0) is 6.42 Å². The number of nitrogens with one attached hydrogen (secondary N) is 1. The maximum absolute atomic E-state index is 6.06. The summed E-state index contributed by atoms with van der Waals surface area (Å²) in [6.07, 6.45) is 8.61. The van der Waals surface area contributed by atoms with Gasteiger partial charge in [0, 0.05) is 41.4 Å². The average molecular weight is 362 g/mol. The van der Waals surface area contributed by atoms with Gasteiger partial charge in [-0.2, -0.15) is 0 Å². The van der Waals surface area contributed by atoms with Crippen LogP contribution in [0.1, 0.15) is 29.7 Å². The van der Waals surface area contributed by atoms with E-state index in [1.807, 2.05) is 36.7 Å². The van der Waals surface area contributed by atoms with Crippen LogP contribution in [0.4, 0.5) is 0 Å². The molecule has 3 heterocycles. The van der Waals surface area contributed by atoms with Crippen molar-refractivity contribution in [3.8, 4) is 0 Å². The van der Waals surface area contributed by atoms with Gasteiger partial charge in [0.25, 0.3) is 0 Å². The number of aromatic amines is 1. The third-order valence-corrected chi connectivity index (χ3v) is 4.91. The fourth-order valence-electron chi connectivity index (χ4n) is 3.41. The van der Waals surface area contributed by atoms with Crippen LogP contribution in [0.15, 0.2) is 77.7 Å². The molecule has 0 saturated carbocycles. The number of aromatic nitrogens is 2. The van der Waals surface area contributed by atoms with Crippen LogP contribution in [-0.4, -0.2) is 22.2 Å². The van der Waals surface area contributed by atoms with Crippen LogP contribution < -0.4 is 0 Å². The molecule has 0 radical (unpaired) electrons. The normalized spacial score (nSPS) is 16.3.